The van der Waals surface area contributed by atoms with Crippen LogP contribution in [0.2, 0.25) is 0 Å². The molecule has 0 atom stereocenters. The summed E-state index contributed by atoms with van der Waals surface area (Å²) in [5.74, 6) is 0.360. The van der Waals surface area contributed by atoms with Crippen molar-refractivity contribution in [1.29, 1.82) is 0 Å². The van der Waals surface area contributed by atoms with Gasteiger partial charge in [-0.1, -0.05) is 0 Å². The zero-order chi connectivity index (χ0) is 14.7. The molecule has 3 heterocycles. The summed E-state index contributed by atoms with van der Waals surface area (Å²) in [6.45, 7) is 5.90. The number of rotatable bonds is 2. The molecule has 0 amide bonds. The van der Waals surface area contributed by atoms with E-state index in [1.165, 1.54) is 63.8 Å². The Bertz CT molecular complexity index is 450. The molecule has 21 heavy (non-hydrogen) atoms. The lowest BCUT2D eigenvalue weighted by atomic mass is 9.73. The number of aromatic nitrogens is 2. The van der Waals surface area contributed by atoms with Crippen molar-refractivity contribution in [2.24, 2.45) is 5.41 Å². The molecule has 5 nitrogen and oxygen atoms in total. The van der Waals surface area contributed by atoms with E-state index in [0.717, 1.165) is 6.54 Å². The lowest BCUT2D eigenvalue weighted by molar-refractivity contribution is 0.0848. The van der Waals surface area contributed by atoms with Crippen LogP contribution in [-0.2, 0) is 6.54 Å². The zero-order valence-corrected chi connectivity index (χ0v) is 13.1. The van der Waals surface area contributed by atoms with Crippen molar-refractivity contribution in [3.8, 4) is 0 Å². The van der Waals surface area contributed by atoms with Crippen LogP contribution in [-0.4, -0.2) is 53.0 Å². The molecule has 5 heteroatoms. The number of nitrogens with two attached hydrogens (primary N) is 1. The molecule has 2 N–H and O–H groups in total. The smallest absolute Gasteiger partial charge is 0.219 e. The van der Waals surface area contributed by atoms with Crippen molar-refractivity contribution >= 4 is 5.95 Å². The minimum absolute atomic E-state index is 0.360. The summed E-state index contributed by atoms with van der Waals surface area (Å²) in [7, 11) is 2.26. The van der Waals surface area contributed by atoms with Crippen LogP contribution in [0.15, 0.2) is 12.4 Å². The minimum atomic E-state index is 0.360. The van der Waals surface area contributed by atoms with E-state index in [2.05, 4.69) is 26.8 Å². The van der Waals surface area contributed by atoms with Gasteiger partial charge in [0.25, 0.3) is 0 Å². The van der Waals surface area contributed by atoms with Gasteiger partial charge in [0.2, 0.25) is 5.95 Å². The first-order chi connectivity index (χ1) is 10.2. The monoisotopic (exact) mass is 289 g/mol. The molecule has 2 saturated heterocycles. The van der Waals surface area contributed by atoms with Gasteiger partial charge in [-0.2, -0.15) is 0 Å². The molecule has 2 aliphatic heterocycles. The molecule has 0 radical (unpaired) electrons. The molecule has 0 unspecified atom stereocenters. The second-order valence-electron chi connectivity index (χ2n) is 6.88. The highest BCUT2D eigenvalue weighted by Gasteiger charge is 2.35. The molecular formula is C16H27N5. The SMILES string of the molecule is CN1CCCC2(CC1)CCN(Cc1cnc(N)nc1)CC2. The van der Waals surface area contributed by atoms with E-state index in [-0.39, 0.29) is 0 Å². The van der Waals surface area contributed by atoms with Gasteiger partial charge in [-0.15, -0.1) is 0 Å². The summed E-state index contributed by atoms with van der Waals surface area (Å²) < 4.78 is 0. The Morgan fingerprint density at radius 1 is 1.05 bits per heavy atom. The maximum absolute atomic E-state index is 5.54. The van der Waals surface area contributed by atoms with Crippen LogP contribution in [0.4, 0.5) is 5.95 Å². The van der Waals surface area contributed by atoms with E-state index in [9.17, 15) is 0 Å². The van der Waals surface area contributed by atoms with Gasteiger partial charge in [0.1, 0.15) is 0 Å². The Morgan fingerprint density at radius 3 is 2.43 bits per heavy atom. The molecule has 0 bridgehead atoms. The first kappa shape index (κ1) is 14.7. The third-order valence-electron chi connectivity index (χ3n) is 5.32. The lowest BCUT2D eigenvalue weighted by Gasteiger charge is -2.41. The standard InChI is InChI=1S/C16H27N5/c1-20-7-2-3-16(4-8-20)5-9-21(10-6-16)13-14-11-18-15(17)19-12-14/h11-12H,2-10,13H2,1H3,(H2,17,18,19). The zero-order valence-electron chi connectivity index (χ0n) is 13.1. The second kappa shape index (κ2) is 6.28. The predicted octanol–water partition coefficient (Wildman–Crippen LogP) is 1.76. The number of nitrogens with zero attached hydrogens (tertiary/aromatic N) is 4. The van der Waals surface area contributed by atoms with Crippen molar-refractivity contribution in [3.63, 3.8) is 0 Å². The molecule has 0 saturated carbocycles. The quantitative estimate of drug-likeness (QED) is 0.899. The fraction of sp³-hybridized carbons (Fsp3) is 0.750. The Morgan fingerprint density at radius 2 is 1.71 bits per heavy atom. The van der Waals surface area contributed by atoms with Crippen molar-refractivity contribution in [3.05, 3.63) is 18.0 Å². The largest absolute Gasteiger partial charge is 0.368 e. The fourth-order valence-electron chi connectivity index (χ4n) is 3.78. The van der Waals surface area contributed by atoms with Crippen molar-refractivity contribution in [2.75, 3.05) is 39.0 Å². The average Bonchev–Trinajstić information content (AvgIpc) is 2.67. The lowest BCUT2D eigenvalue weighted by Crippen LogP contribution is -2.40. The van der Waals surface area contributed by atoms with Crippen LogP contribution in [0.5, 0.6) is 0 Å². The predicted molar refractivity (Wildman–Crippen MR) is 84.7 cm³/mol. The first-order valence-corrected chi connectivity index (χ1v) is 8.13. The van der Waals surface area contributed by atoms with Crippen LogP contribution in [0, 0.1) is 5.41 Å². The van der Waals surface area contributed by atoms with Gasteiger partial charge < -0.3 is 10.6 Å². The highest BCUT2D eigenvalue weighted by molar-refractivity contribution is 5.17. The number of likely N-dealkylation sites (tertiary alicyclic amines) is 2. The van der Waals surface area contributed by atoms with Crippen LogP contribution in [0.3, 0.4) is 0 Å². The van der Waals surface area contributed by atoms with E-state index in [1.54, 1.807) is 0 Å². The van der Waals surface area contributed by atoms with Crippen molar-refractivity contribution in [2.45, 2.75) is 38.6 Å². The Hall–Kier alpha value is -1.20. The van der Waals surface area contributed by atoms with Crippen LogP contribution < -0.4 is 5.73 Å². The summed E-state index contributed by atoms with van der Waals surface area (Å²) in [5, 5.41) is 0. The first-order valence-electron chi connectivity index (χ1n) is 8.13. The summed E-state index contributed by atoms with van der Waals surface area (Å²) in [6, 6.07) is 0. The Kier molecular flexibility index (Phi) is 4.40. The topological polar surface area (TPSA) is 58.3 Å². The van der Waals surface area contributed by atoms with Crippen molar-refractivity contribution in [1.82, 2.24) is 19.8 Å². The fourth-order valence-corrected chi connectivity index (χ4v) is 3.78. The molecule has 2 fully saturated rings. The van der Waals surface area contributed by atoms with Crippen LogP contribution in [0.1, 0.15) is 37.7 Å². The van der Waals surface area contributed by atoms with E-state index in [4.69, 9.17) is 5.73 Å². The van der Waals surface area contributed by atoms with E-state index < -0.39 is 0 Å². The number of hydrogen-bond acceptors (Lipinski definition) is 5. The molecular weight excluding hydrogens is 262 g/mol. The number of hydrogen-bond donors (Lipinski definition) is 1. The minimum Gasteiger partial charge on any atom is -0.368 e. The van der Waals surface area contributed by atoms with Crippen LogP contribution >= 0.6 is 0 Å². The molecule has 3 rings (SSSR count). The van der Waals surface area contributed by atoms with Gasteiger partial charge in [-0.25, -0.2) is 9.97 Å². The van der Waals surface area contributed by atoms with Gasteiger partial charge in [0.15, 0.2) is 0 Å². The summed E-state index contributed by atoms with van der Waals surface area (Å²) in [5.41, 5.74) is 7.32. The summed E-state index contributed by atoms with van der Waals surface area (Å²) in [6.07, 6.45) is 10.6. The Labute approximate surface area is 127 Å². The molecule has 1 aromatic heterocycles. The number of anilines is 1. The van der Waals surface area contributed by atoms with Crippen LogP contribution in [0.25, 0.3) is 0 Å². The maximum Gasteiger partial charge on any atom is 0.219 e. The molecule has 0 aromatic carbocycles. The molecule has 1 aromatic rings. The van der Waals surface area contributed by atoms with E-state index >= 15 is 0 Å². The third-order valence-corrected chi connectivity index (χ3v) is 5.32. The highest BCUT2D eigenvalue weighted by atomic mass is 15.1. The normalized spacial score (nSPS) is 24.0. The van der Waals surface area contributed by atoms with Gasteiger partial charge in [0, 0.05) is 24.5 Å². The van der Waals surface area contributed by atoms with E-state index in [0.29, 0.717) is 11.4 Å². The average molecular weight is 289 g/mol. The third kappa shape index (κ3) is 3.71. The summed E-state index contributed by atoms with van der Waals surface area (Å²) in [4.78, 5) is 13.2. The highest BCUT2D eigenvalue weighted by Crippen LogP contribution is 2.41. The van der Waals surface area contributed by atoms with E-state index in [1.807, 2.05) is 12.4 Å². The molecule has 0 aliphatic carbocycles. The maximum atomic E-state index is 5.54. The van der Waals surface area contributed by atoms with Gasteiger partial charge in [-0.05, 0) is 70.7 Å². The van der Waals surface area contributed by atoms with Gasteiger partial charge in [-0.3, -0.25) is 4.90 Å². The second-order valence-corrected chi connectivity index (χ2v) is 6.88. The Balaban J connectivity index is 1.53. The molecule has 116 valence electrons. The van der Waals surface area contributed by atoms with Gasteiger partial charge >= 0.3 is 0 Å². The van der Waals surface area contributed by atoms with Crippen molar-refractivity contribution < 1.29 is 0 Å². The molecule has 1 spiro atoms. The molecule has 2 aliphatic rings. The number of piperidine rings is 1. The van der Waals surface area contributed by atoms with Gasteiger partial charge in [0.05, 0.1) is 0 Å². The number of nitrogen functional groups attached to an aromatic ring is 1. The summed E-state index contributed by atoms with van der Waals surface area (Å²) >= 11 is 0.